The van der Waals surface area contributed by atoms with Crippen LogP contribution in [0.15, 0.2) is 24.3 Å². The molecule has 3 fully saturated rings. The largest absolute Gasteiger partial charge is 0.497 e. The Morgan fingerprint density at radius 3 is 2.72 bits per heavy atom. The second kappa shape index (κ2) is 6.15. The summed E-state index contributed by atoms with van der Waals surface area (Å²) in [6.07, 6.45) is 5.60. The average molecular weight is 341 g/mol. The van der Waals surface area contributed by atoms with E-state index in [4.69, 9.17) is 4.74 Å². The predicted octanol–water partition coefficient (Wildman–Crippen LogP) is 3.54. The molecule has 2 amide bonds. The van der Waals surface area contributed by atoms with Crippen molar-refractivity contribution in [3.8, 4) is 5.75 Å². The van der Waals surface area contributed by atoms with Crippen molar-refractivity contribution < 1.29 is 14.3 Å². The minimum atomic E-state index is -0.361. The van der Waals surface area contributed by atoms with Gasteiger partial charge in [-0.15, -0.1) is 0 Å². The van der Waals surface area contributed by atoms with Gasteiger partial charge in [-0.3, -0.25) is 14.5 Å². The van der Waals surface area contributed by atoms with E-state index in [1.807, 2.05) is 18.2 Å². The third-order valence-electron chi connectivity index (χ3n) is 6.44. The molecule has 2 saturated carbocycles. The molecule has 0 radical (unpaired) electrons. The van der Waals surface area contributed by atoms with E-state index in [-0.39, 0.29) is 23.1 Å². The zero-order chi connectivity index (χ0) is 17.6. The van der Waals surface area contributed by atoms with Crippen molar-refractivity contribution in [3.05, 3.63) is 29.8 Å². The van der Waals surface area contributed by atoms with Gasteiger partial charge in [-0.25, -0.2) is 0 Å². The van der Waals surface area contributed by atoms with Crippen LogP contribution in [-0.4, -0.2) is 30.4 Å². The second-order valence-electron chi connectivity index (χ2n) is 8.29. The number of nitrogens with zero attached hydrogens (tertiary/aromatic N) is 1. The summed E-state index contributed by atoms with van der Waals surface area (Å²) in [5, 5.41) is 0. The van der Waals surface area contributed by atoms with Crippen LogP contribution >= 0.6 is 0 Å². The van der Waals surface area contributed by atoms with Gasteiger partial charge in [0.15, 0.2) is 0 Å². The monoisotopic (exact) mass is 341 g/mol. The molecule has 1 unspecified atom stereocenters. The Balaban J connectivity index is 1.73. The van der Waals surface area contributed by atoms with Crippen molar-refractivity contribution in [1.82, 2.24) is 4.90 Å². The number of hydrogen-bond acceptors (Lipinski definition) is 3. The summed E-state index contributed by atoms with van der Waals surface area (Å²) in [4.78, 5) is 27.8. The van der Waals surface area contributed by atoms with Crippen molar-refractivity contribution in [1.29, 1.82) is 0 Å². The summed E-state index contributed by atoms with van der Waals surface area (Å²) >= 11 is 0. The molecule has 3 aliphatic rings. The predicted molar refractivity (Wildman–Crippen MR) is 95.2 cm³/mol. The van der Waals surface area contributed by atoms with Gasteiger partial charge in [0.05, 0.1) is 7.11 Å². The summed E-state index contributed by atoms with van der Waals surface area (Å²) in [6, 6.07) is 8.00. The number of amides is 2. The smallest absolute Gasteiger partial charge is 0.233 e. The van der Waals surface area contributed by atoms with Gasteiger partial charge in [-0.2, -0.15) is 0 Å². The molecule has 1 aliphatic heterocycles. The molecule has 4 heteroatoms. The number of hydrogen-bond donors (Lipinski definition) is 0. The van der Waals surface area contributed by atoms with Gasteiger partial charge in [-0.1, -0.05) is 19.1 Å². The second-order valence-corrected chi connectivity index (χ2v) is 8.29. The van der Waals surface area contributed by atoms with Gasteiger partial charge in [0.25, 0.3) is 0 Å². The van der Waals surface area contributed by atoms with Crippen LogP contribution in [0.3, 0.4) is 0 Å². The SMILES string of the molecule is COc1cccc([C@@]23CC(=O)N(CC4CC4)C(=O)[C@@H]2CCC(C)C3)c1. The zero-order valence-electron chi connectivity index (χ0n) is 15.2. The summed E-state index contributed by atoms with van der Waals surface area (Å²) in [6.45, 7) is 2.88. The highest BCUT2D eigenvalue weighted by molar-refractivity contribution is 6.01. The van der Waals surface area contributed by atoms with E-state index in [0.717, 1.165) is 43.4 Å². The number of ether oxygens (including phenoxy) is 1. The van der Waals surface area contributed by atoms with Crippen LogP contribution in [0.1, 0.15) is 51.0 Å². The van der Waals surface area contributed by atoms with Crippen LogP contribution in [0.4, 0.5) is 0 Å². The Morgan fingerprint density at radius 2 is 2.00 bits per heavy atom. The van der Waals surface area contributed by atoms with E-state index in [2.05, 4.69) is 13.0 Å². The maximum Gasteiger partial charge on any atom is 0.233 e. The Labute approximate surface area is 149 Å². The number of likely N-dealkylation sites (tertiary alicyclic amines) is 1. The number of carbonyl (C=O) groups excluding carboxylic acids is 2. The van der Waals surface area contributed by atoms with Crippen molar-refractivity contribution in [3.63, 3.8) is 0 Å². The van der Waals surface area contributed by atoms with Gasteiger partial charge < -0.3 is 4.74 Å². The Kier molecular flexibility index (Phi) is 4.09. The highest BCUT2D eigenvalue weighted by Gasteiger charge is 2.55. The molecule has 0 spiro atoms. The Hall–Kier alpha value is -1.84. The lowest BCUT2D eigenvalue weighted by Crippen LogP contribution is -2.58. The number of carbonyl (C=O) groups is 2. The topological polar surface area (TPSA) is 46.6 Å². The third-order valence-corrected chi connectivity index (χ3v) is 6.44. The number of piperidine rings is 1. The molecule has 2 aliphatic carbocycles. The number of benzene rings is 1. The Morgan fingerprint density at radius 1 is 1.20 bits per heavy atom. The van der Waals surface area contributed by atoms with Crippen LogP contribution in [0.25, 0.3) is 0 Å². The first kappa shape index (κ1) is 16.6. The number of methoxy groups -OCH3 is 1. The number of imide groups is 1. The molecular formula is C21H27NO3. The van der Waals surface area contributed by atoms with Crippen LogP contribution < -0.4 is 4.74 Å². The van der Waals surface area contributed by atoms with Crippen LogP contribution in [0, 0.1) is 17.8 Å². The molecule has 0 N–H and O–H groups in total. The molecule has 1 aromatic rings. The maximum absolute atomic E-state index is 13.2. The molecule has 134 valence electrons. The van der Waals surface area contributed by atoms with Crippen LogP contribution in [0.2, 0.25) is 0 Å². The maximum atomic E-state index is 13.2. The minimum absolute atomic E-state index is 0.0186. The van der Waals surface area contributed by atoms with Gasteiger partial charge in [0.1, 0.15) is 5.75 Å². The minimum Gasteiger partial charge on any atom is -0.497 e. The van der Waals surface area contributed by atoms with E-state index >= 15 is 0 Å². The molecule has 1 heterocycles. The van der Waals surface area contributed by atoms with Crippen LogP contribution in [-0.2, 0) is 15.0 Å². The molecule has 4 rings (SSSR count). The van der Waals surface area contributed by atoms with Crippen molar-refractivity contribution in [2.75, 3.05) is 13.7 Å². The van der Waals surface area contributed by atoms with Gasteiger partial charge >= 0.3 is 0 Å². The van der Waals surface area contributed by atoms with Gasteiger partial charge in [-0.05, 0) is 61.6 Å². The summed E-state index contributed by atoms with van der Waals surface area (Å²) in [5.41, 5.74) is 0.733. The van der Waals surface area contributed by atoms with E-state index < -0.39 is 0 Å². The van der Waals surface area contributed by atoms with Crippen molar-refractivity contribution in [2.24, 2.45) is 17.8 Å². The number of fused-ring (bicyclic) bond motifs is 1. The lowest BCUT2D eigenvalue weighted by Gasteiger charge is -2.50. The fourth-order valence-corrected chi connectivity index (χ4v) is 4.93. The molecule has 0 bridgehead atoms. The van der Waals surface area contributed by atoms with Gasteiger partial charge in [0.2, 0.25) is 11.8 Å². The highest BCUT2D eigenvalue weighted by atomic mass is 16.5. The summed E-state index contributed by atoms with van der Waals surface area (Å²) in [7, 11) is 1.66. The first-order chi connectivity index (χ1) is 12.0. The van der Waals surface area contributed by atoms with E-state index in [0.29, 0.717) is 24.8 Å². The molecule has 1 saturated heterocycles. The standard InChI is InChI=1S/C21H27NO3/c1-14-6-9-18-20(24)22(13-15-7-8-15)19(23)12-21(18,11-14)16-4-3-5-17(10-16)25-2/h3-5,10,14-15,18H,6-9,11-13H2,1-2H3/t14?,18-,21+/m0/s1. The van der Waals surface area contributed by atoms with E-state index in [1.54, 1.807) is 12.0 Å². The van der Waals surface area contributed by atoms with Crippen molar-refractivity contribution >= 4 is 11.8 Å². The lowest BCUT2D eigenvalue weighted by molar-refractivity contribution is -0.158. The first-order valence-corrected chi connectivity index (χ1v) is 9.52. The molecule has 25 heavy (non-hydrogen) atoms. The zero-order valence-corrected chi connectivity index (χ0v) is 15.2. The fourth-order valence-electron chi connectivity index (χ4n) is 4.93. The summed E-state index contributed by atoms with van der Waals surface area (Å²) < 4.78 is 5.40. The number of rotatable bonds is 4. The van der Waals surface area contributed by atoms with E-state index in [1.165, 1.54) is 0 Å². The summed E-state index contributed by atoms with van der Waals surface area (Å²) in [5.74, 6) is 1.87. The highest BCUT2D eigenvalue weighted by Crippen LogP contribution is 2.52. The normalized spacial score (nSPS) is 32.5. The fraction of sp³-hybridized carbons (Fsp3) is 0.619. The molecule has 0 aromatic heterocycles. The van der Waals surface area contributed by atoms with Gasteiger partial charge in [0, 0.05) is 24.3 Å². The third kappa shape index (κ3) is 2.86. The lowest BCUT2D eigenvalue weighted by atomic mass is 9.56. The Bertz CT molecular complexity index is 696. The molecule has 3 atom stereocenters. The molecule has 4 nitrogen and oxygen atoms in total. The quantitative estimate of drug-likeness (QED) is 0.787. The van der Waals surface area contributed by atoms with Crippen LogP contribution in [0.5, 0.6) is 5.75 Å². The van der Waals surface area contributed by atoms with E-state index in [9.17, 15) is 9.59 Å². The molecular weight excluding hydrogens is 314 g/mol. The molecule has 1 aromatic carbocycles. The first-order valence-electron chi connectivity index (χ1n) is 9.52. The average Bonchev–Trinajstić information content (AvgIpc) is 3.42. The van der Waals surface area contributed by atoms with Crippen molar-refractivity contribution in [2.45, 2.75) is 50.9 Å².